The number of nitrogens with zero attached hydrogens (tertiary/aromatic N) is 4. The van der Waals surface area contributed by atoms with Gasteiger partial charge < -0.3 is 14.2 Å². The Bertz CT molecular complexity index is 702. The molecule has 0 bridgehead atoms. The first-order chi connectivity index (χ1) is 11.2. The van der Waals surface area contributed by atoms with Crippen molar-refractivity contribution < 1.29 is 14.1 Å². The van der Waals surface area contributed by atoms with Crippen molar-refractivity contribution in [1.82, 2.24) is 20.0 Å². The zero-order valence-corrected chi connectivity index (χ0v) is 12.9. The molecule has 2 aliphatic rings. The van der Waals surface area contributed by atoms with E-state index in [0.717, 1.165) is 25.1 Å². The molecule has 4 heterocycles. The maximum atomic E-state index is 12.5. The Kier molecular flexibility index (Phi) is 3.57. The van der Waals surface area contributed by atoms with Crippen LogP contribution in [0.4, 0.5) is 0 Å². The fourth-order valence-corrected chi connectivity index (χ4v) is 3.43. The summed E-state index contributed by atoms with van der Waals surface area (Å²) >= 11 is 0. The number of ether oxygens (including phenoxy) is 1. The first-order valence-corrected chi connectivity index (χ1v) is 7.84. The fourth-order valence-electron chi connectivity index (χ4n) is 3.43. The maximum absolute atomic E-state index is 12.5. The highest BCUT2D eigenvalue weighted by Crippen LogP contribution is 2.40. The molecule has 0 spiro atoms. The van der Waals surface area contributed by atoms with Gasteiger partial charge in [-0.3, -0.25) is 4.79 Å². The van der Waals surface area contributed by atoms with E-state index in [-0.39, 0.29) is 18.1 Å². The second kappa shape index (κ2) is 5.73. The number of likely N-dealkylation sites (tertiary alicyclic amines) is 1. The smallest absolute Gasteiger partial charge is 0.276 e. The van der Waals surface area contributed by atoms with Gasteiger partial charge in [0.1, 0.15) is 18.2 Å². The highest BCUT2D eigenvalue weighted by atomic mass is 16.5. The van der Waals surface area contributed by atoms with Crippen LogP contribution < -0.4 is 0 Å². The molecule has 2 fully saturated rings. The van der Waals surface area contributed by atoms with Crippen molar-refractivity contribution in [2.45, 2.75) is 32.0 Å². The van der Waals surface area contributed by atoms with Crippen LogP contribution in [-0.2, 0) is 4.74 Å². The minimum atomic E-state index is -0.0885. The van der Waals surface area contributed by atoms with E-state index < -0.39 is 0 Å². The largest absolute Gasteiger partial charge is 0.367 e. The number of amides is 1. The molecular weight excluding hydrogens is 296 g/mol. The molecule has 4 rings (SSSR count). The number of rotatable bonds is 2. The molecule has 0 aromatic carbocycles. The van der Waals surface area contributed by atoms with E-state index in [1.54, 1.807) is 30.4 Å². The highest BCUT2D eigenvalue weighted by molar-refractivity contribution is 5.92. The highest BCUT2D eigenvalue weighted by Gasteiger charge is 2.41. The summed E-state index contributed by atoms with van der Waals surface area (Å²) < 4.78 is 11.1. The molecule has 0 unspecified atom stereocenters. The van der Waals surface area contributed by atoms with E-state index in [9.17, 15) is 4.79 Å². The normalized spacial score (nSPS) is 27.0. The third-order valence-corrected chi connectivity index (χ3v) is 4.62. The van der Waals surface area contributed by atoms with Crippen molar-refractivity contribution in [2.24, 2.45) is 5.92 Å². The average Bonchev–Trinajstić information content (AvgIpc) is 3.20. The van der Waals surface area contributed by atoms with E-state index in [1.165, 1.54) is 0 Å². The van der Waals surface area contributed by atoms with Crippen LogP contribution in [0.2, 0.25) is 0 Å². The number of aryl methyl sites for hydroxylation is 1. The number of aromatic nitrogens is 3. The number of piperidine rings is 1. The first kappa shape index (κ1) is 14.3. The summed E-state index contributed by atoms with van der Waals surface area (Å²) in [5.41, 5.74) is 1.28. The van der Waals surface area contributed by atoms with Crippen LogP contribution in [0.5, 0.6) is 0 Å². The third-order valence-electron chi connectivity index (χ3n) is 4.62. The predicted molar refractivity (Wildman–Crippen MR) is 79.5 cm³/mol. The molecule has 2 aromatic rings. The quantitative estimate of drug-likeness (QED) is 0.840. The maximum Gasteiger partial charge on any atom is 0.276 e. The zero-order valence-electron chi connectivity index (χ0n) is 12.9. The van der Waals surface area contributed by atoms with Gasteiger partial charge in [-0.25, -0.2) is 9.97 Å². The van der Waals surface area contributed by atoms with Crippen molar-refractivity contribution >= 4 is 5.91 Å². The molecule has 3 atom stereocenters. The number of fused-ring (bicyclic) bond motifs is 1. The molecule has 1 amide bonds. The average molecular weight is 314 g/mol. The number of carbonyl (C=O) groups is 1. The molecule has 120 valence electrons. The van der Waals surface area contributed by atoms with Crippen molar-refractivity contribution in [3.63, 3.8) is 0 Å². The van der Waals surface area contributed by atoms with Gasteiger partial charge in [0.25, 0.3) is 5.91 Å². The van der Waals surface area contributed by atoms with Crippen molar-refractivity contribution in [3.05, 3.63) is 41.8 Å². The number of hydrogen-bond acceptors (Lipinski definition) is 6. The van der Waals surface area contributed by atoms with Crippen LogP contribution in [0.25, 0.3) is 0 Å². The first-order valence-electron chi connectivity index (χ1n) is 7.84. The molecule has 23 heavy (non-hydrogen) atoms. The zero-order chi connectivity index (χ0) is 15.8. The van der Waals surface area contributed by atoms with Crippen LogP contribution >= 0.6 is 0 Å². The van der Waals surface area contributed by atoms with Gasteiger partial charge >= 0.3 is 0 Å². The van der Waals surface area contributed by atoms with Crippen molar-refractivity contribution in [1.29, 1.82) is 0 Å². The molecule has 0 aliphatic carbocycles. The molecule has 0 N–H and O–H groups in total. The second-order valence-corrected chi connectivity index (χ2v) is 6.16. The standard InChI is InChI=1S/C16H18N4O3/c1-10-6-13(19-23-10)16(21)20-5-3-11-7-14(22-15(11)8-20)12-2-4-17-9-18-12/h2,4,6,9,11,14-15H,3,5,7-8H2,1H3/t11-,14+,15+/m0/s1. The Balaban J connectivity index is 1.44. The minimum Gasteiger partial charge on any atom is -0.367 e. The van der Waals surface area contributed by atoms with Crippen LogP contribution in [0.15, 0.2) is 29.2 Å². The Morgan fingerprint density at radius 3 is 3.09 bits per heavy atom. The van der Waals surface area contributed by atoms with Gasteiger partial charge in [-0.15, -0.1) is 0 Å². The SMILES string of the molecule is Cc1cc(C(=O)N2CC[C@H]3C[C@H](c4ccncn4)O[C@@H]3C2)no1. The number of carbonyl (C=O) groups excluding carboxylic acids is 1. The summed E-state index contributed by atoms with van der Waals surface area (Å²) in [4.78, 5) is 22.5. The van der Waals surface area contributed by atoms with E-state index >= 15 is 0 Å². The molecule has 0 saturated carbocycles. The van der Waals surface area contributed by atoms with Gasteiger partial charge in [0.2, 0.25) is 0 Å². The summed E-state index contributed by atoms with van der Waals surface area (Å²) in [5, 5.41) is 3.81. The summed E-state index contributed by atoms with van der Waals surface area (Å²) in [7, 11) is 0. The minimum absolute atomic E-state index is 0.00246. The predicted octanol–water partition coefficient (Wildman–Crippen LogP) is 1.77. The molecular formula is C16H18N4O3. The molecule has 2 aromatic heterocycles. The molecule has 0 radical (unpaired) electrons. The van der Waals surface area contributed by atoms with Crippen LogP contribution in [-0.4, -0.2) is 45.1 Å². The van der Waals surface area contributed by atoms with Crippen LogP contribution in [0.1, 0.15) is 40.9 Å². The van der Waals surface area contributed by atoms with Crippen molar-refractivity contribution in [3.8, 4) is 0 Å². The second-order valence-electron chi connectivity index (χ2n) is 6.16. The van der Waals surface area contributed by atoms with E-state index in [1.807, 2.05) is 6.07 Å². The van der Waals surface area contributed by atoms with E-state index in [2.05, 4.69) is 15.1 Å². The van der Waals surface area contributed by atoms with Gasteiger partial charge in [0.05, 0.1) is 11.8 Å². The lowest BCUT2D eigenvalue weighted by molar-refractivity contribution is -0.00590. The van der Waals surface area contributed by atoms with Crippen molar-refractivity contribution in [2.75, 3.05) is 13.1 Å². The Morgan fingerprint density at radius 1 is 1.43 bits per heavy atom. The summed E-state index contributed by atoms with van der Waals surface area (Å²) in [6, 6.07) is 3.57. The van der Waals surface area contributed by atoms with Gasteiger partial charge in [-0.1, -0.05) is 5.16 Å². The monoisotopic (exact) mass is 314 g/mol. The Labute approximate surface area is 133 Å². The van der Waals surface area contributed by atoms with Gasteiger partial charge in [-0.2, -0.15) is 0 Å². The van der Waals surface area contributed by atoms with Crippen LogP contribution in [0.3, 0.4) is 0 Å². The lowest BCUT2D eigenvalue weighted by atomic mass is 9.91. The summed E-state index contributed by atoms with van der Waals surface area (Å²) in [6.07, 6.45) is 5.22. The van der Waals surface area contributed by atoms with Gasteiger partial charge in [-0.05, 0) is 31.7 Å². The lowest BCUT2D eigenvalue weighted by Crippen LogP contribution is -2.45. The third kappa shape index (κ3) is 2.72. The molecule has 2 saturated heterocycles. The van der Waals surface area contributed by atoms with Crippen LogP contribution in [0, 0.1) is 12.8 Å². The van der Waals surface area contributed by atoms with Gasteiger partial charge in [0, 0.05) is 25.4 Å². The number of hydrogen-bond donors (Lipinski definition) is 0. The molecule has 7 nitrogen and oxygen atoms in total. The Hall–Kier alpha value is -2.28. The topological polar surface area (TPSA) is 81.4 Å². The molecule has 7 heteroatoms. The van der Waals surface area contributed by atoms with E-state index in [0.29, 0.717) is 23.9 Å². The Morgan fingerprint density at radius 2 is 2.35 bits per heavy atom. The summed E-state index contributed by atoms with van der Waals surface area (Å²) in [6.45, 7) is 3.10. The van der Waals surface area contributed by atoms with E-state index in [4.69, 9.17) is 9.26 Å². The van der Waals surface area contributed by atoms with Gasteiger partial charge in [0.15, 0.2) is 5.69 Å². The fraction of sp³-hybridized carbons (Fsp3) is 0.500. The lowest BCUT2D eigenvalue weighted by Gasteiger charge is -2.33. The molecule has 2 aliphatic heterocycles. The summed E-state index contributed by atoms with van der Waals surface area (Å²) in [5.74, 6) is 1.02.